The van der Waals surface area contributed by atoms with Gasteiger partial charge >= 0.3 is 6.18 Å². The topological polar surface area (TPSA) is 3.24 Å². The quantitative estimate of drug-likeness (QED) is 0.548. The van der Waals surface area contributed by atoms with Crippen LogP contribution >= 0.6 is 12.2 Å². The third-order valence-electron chi connectivity index (χ3n) is 1.89. The average Bonchev–Trinajstić information content (AvgIpc) is 2.03. The van der Waals surface area contributed by atoms with E-state index >= 15 is 0 Å². The molecule has 0 aromatic rings. The van der Waals surface area contributed by atoms with Crippen LogP contribution in [0.3, 0.4) is 0 Å². The maximum Gasteiger partial charge on any atom is 0.441 e. The summed E-state index contributed by atoms with van der Waals surface area (Å²) < 4.78 is 36.2. The Hall–Kier alpha value is -0.320. The van der Waals surface area contributed by atoms with E-state index < -0.39 is 11.2 Å². The Morgan fingerprint density at radius 3 is 2.00 bits per heavy atom. The minimum absolute atomic E-state index is 0.457. The fourth-order valence-electron chi connectivity index (χ4n) is 1.28. The molecular weight excluding hydrogens is 187 g/mol. The standard InChI is InChI=1S/C7H10F3NS/c8-7(9,10)6(12)11-4-2-1-3-5-11/h1-5H2. The number of thiocarbonyl (C=S) groups is 1. The molecule has 1 heterocycles. The van der Waals surface area contributed by atoms with E-state index in [1.807, 2.05) is 0 Å². The first kappa shape index (κ1) is 9.77. The van der Waals surface area contributed by atoms with Crippen molar-refractivity contribution in [3.05, 3.63) is 0 Å². The molecule has 1 aliphatic heterocycles. The van der Waals surface area contributed by atoms with E-state index in [0.29, 0.717) is 13.1 Å². The van der Waals surface area contributed by atoms with Gasteiger partial charge in [0.2, 0.25) is 0 Å². The summed E-state index contributed by atoms with van der Waals surface area (Å²) in [6.07, 6.45) is -1.68. The zero-order chi connectivity index (χ0) is 9.19. The summed E-state index contributed by atoms with van der Waals surface area (Å²) >= 11 is 4.31. The lowest BCUT2D eigenvalue weighted by Gasteiger charge is -2.29. The van der Waals surface area contributed by atoms with Crippen molar-refractivity contribution in [2.24, 2.45) is 0 Å². The first-order valence-corrected chi connectivity index (χ1v) is 4.29. The molecule has 0 aromatic heterocycles. The lowest BCUT2D eigenvalue weighted by atomic mass is 10.1. The first-order chi connectivity index (χ1) is 5.52. The molecule has 1 rings (SSSR count). The molecule has 0 amide bonds. The molecular formula is C7H10F3NS. The van der Waals surface area contributed by atoms with Crippen molar-refractivity contribution in [3.63, 3.8) is 0 Å². The molecule has 12 heavy (non-hydrogen) atoms. The van der Waals surface area contributed by atoms with Crippen LogP contribution in [0.15, 0.2) is 0 Å². The molecule has 1 nitrogen and oxygen atoms in total. The summed E-state index contributed by atoms with van der Waals surface area (Å²) in [5.41, 5.74) is 0. The average molecular weight is 197 g/mol. The molecule has 0 unspecified atom stereocenters. The summed E-state index contributed by atoms with van der Waals surface area (Å²) in [6.45, 7) is 0.913. The van der Waals surface area contributed by atoms with Crippen LogP contribution in [0.5, 0.6) is 0 Å². The highest BCUT2D eigenvalue weighted by atomic mass is 32.1. The van der Waals surface area contributed by atoms with Crippen LogP contribution in [0.4, 0.5) is 13.2 Å². The summed E-state index contributed by atoms with van der Waals surface area (Å²) in [7, 11) is 0. The number of halogens is 3. The third-order valence-corrected chi connectivity index (χ3v) is 2.38. The zero-order valence-corrected chi connectivity index (χ0v) is 7.34. The van der Waals surface area contributed by atoms with Gasteiger partial charge in [-0.1, -0.05) is 12.2 Å². The van der Waals surface area contributed by atoms with Gasteiger partial charge in [0.15, 0.2) is 4.99 Å². The smallest absolute Gasteiger partial charge is 0.359 e. The summed E-state index contributed by atoms with van der Waals surface area (Å²) in [5, 5.41) is 0. The van der Waals surface area contributed by atoms with Gasteiger partial charge in [0.25, 0.3) is 0 Å². The Kier molecular flexibility index (Phi) is 2.93. The van der Waals surface area contributed by atoms with E-state index in [2.05, 4.69) is 12.2 Å². The van der Waals surface area contributed by atoms with Crippen molar-refractivity contribution in [2.45, 2.75) is 25.4 Å². The van der Waals surface area contributed by atoms with Crippen molar-refractivity contribution in [2.75, 3.05) is 13.1 Å². The number of likely N-dealkylation sites (tertiary alicyclic amines) is 1. The van der Waals surface area contributed by atoms with Gasteiger partial charge < -0.3 is 4.90 Å². The van der Waals surface area contributed by atoms with Gasteiger partial charge in [-0.25, -0.2) is 0 Å². The van der Waals surface area contributed by atoms with Crippen LogP contribution in [0.2, 0.25) is 0 Å². The Bertz CT molecular complexity index is 172. The maximum atomic E-state index is 12.1. The predicted octanol–water partition coefficient (Wildman–Crippen LogP) is 2.36. The molecule has 0 spiro atoms. The number of piperidine rings is 1. The third kappa shape index (κ3) is 2.33. The lowest BCUT2D eigenvalue weighted by molar-refractivity contribution is -0.0664. The van der Waals surface area contributed by atoms with Crippen LogP contribution in [0.1, 0.15) is 19.3 Å². The van der Waals surface area contributed by atoms with Gasteiger partial charge in [-0.3, -0.25) is 0 Å². The van der Waals surface area contributed by atoms with Crippen molar-refractivity contribution in [3.8, 4) is 0 Å². The predicted molar refractivity (Wildman–Crippen MR) is 44.1 cm³/mol. The second kappa shape index (κ2) is 3.60. The maximum absolute atomic E-state index is 12.1. The number of rotatable bonds is 0. The number of hydrogen-bond acceptors (Lipinski definition) is 1. The van der Waals surface area contributed by atoms with Gasteiger partial charge in [-0.2, -0.15) is 13.2 Å². The highest BCUT2D eigenvalue weighted by Crippen LogP contribution is 2.22. The fraction of sp³-hybridized carbons (Fsp3) is 0.857. The number of nitrogens with zero attached hydrogens (tertiary/aromatic N) is 1. The van der Waals surface area contributed by atoms with E-state index in [-0.39, 0.29) is 0 Å². The SMILES string of the molecule is FC(F)(F)C(=S)N1CCCCC1. The number of hydrogen-bond donors (Lipinski definition) is 0. The van der Waals surface area contributed by atoms with Gasteiger partial charge in [0.05, 0.1) is 0 Å². The van der Waals surface area contributed by atoms with E-state index in [1.165, 1.54) is 4.90 Å². The molecule has 0 aromatic carbocycles. The van der Waals surface area contributed by atoms with Gasteiger partial charge in [-0.05, 0) is 19.3 Å². The molecule has 1 aliphatic rings. The largest absolute Gasteiger partial charge is 0.441 e. The molecule has 0 aliphatic carbocycles. The van der Waals surface area contributed by atoms with Gasteiger partial charge in [-0.15, -0.1) is 0 Å². The number of alkyl halides is 3. The molecule has 0 N–H and O–H groups in total. The molecule has 1 saturated heterocycles. The van der Waals surface area contributed by atoms with Crippen LogP contribution in [-0.2, 0) is 0 Å². The summed E-state index contributed by atoms with van der Waals surface area (Å²) in [4.78, 5) is 0.390. The normalized spacial score (nSPS) is 19.4. The monoisotopic (exact) mass is 197 g/mol. The molecule has 0 radical (unpaired) electrons. The Balaban J connectivity index is 2.51. The second-order valence-corrected chi connectivity index (χ2v) is 3.24. The zero-order valence-electron chi connectivity index (χ0n) is 6.52. The van der Waals surface area contributed by atoms with Crippen LogP contribution < -0.4 is 0 Å². The minimum atomic E-state index is -4.33. The molecule has 1 fully saturated rings. The van der Waals surface area contributed by atoms with Gasteiger partial charge in [0, 0.05) is 13.1 Å². The Morgan fingerprint density at radius 2 is 1.58 bits per heavy atom. The van der Waals surface area contributed by atoms with Crippen molar-refractivity contribution < 1.29 is 13.2 Å². The highest BCUT2D eigenvalue weighted by Gasteiger charge is 2.38. The highest BCUT2D eigenvalue weighted by molar-refractivity contribution is 7.80. The van der Waals surface area contributed by atoms with Gasteiger partial charge in [0.1, 0.15) is 0 Å². The van der Waals surface area contributed by atoms with E-state index in [0.717, 1.165) is 19.3 Å². The Morgan fingerprint density at radius 1 is 1.08 bits per heavy atom. The fourth-order valence-corrected chi connectivity index (χ4v) is 1.46. The first-order valence-electron chi connectivity index (χ1n) is 3.88. The van der Waals surface area contributed by atoms with Crippen LogP contribution in [-0.4, -0.2) is 29.2 Å². The molecule has 0 saturated carbocycles. The molecule has 0 bridgehead atoms. The Labute approximate surface area is 74.5 Å². The van der Waals surface area contributed by atoms with Crippen molar-refractivity contribution in [1.82, 2.24) is 4.90 Å². The second-order valence-electron chi connectivity index (χ2n) is 2.85. The molecule has 5 heteroatoms. The van der Waals surface area contributed by atoms with E-state index in [9.17, 15) is 13.2 Å². The van der Waals surface area contributed by atoms with E-state index in [4.69, 9.17) is 0 Å². The van der Waals surface area contributed by atoms with E-state index in [1.54, 1.807) is 0 Å². The minimum Gasteiger partial charge on any atom is -0.359 e. The molecule has 70 valence electrons. The lowest BCUT2D eigenvalue weighted by Crippen LogP contribution is -2.42. The summed E-state index contributed by atoms with van der Waals surface area (Å²) in [6, 6.07) is 0. The van der Waals surface area contributed by atoms with Crippen LogP contribution in [0, 0.1) is 0 Å². The summed E-state index contributed by atoms with van der Waals surface area (Å²) in [5.74, 6) is 0. The van der Waals surface area contributed by atoms with Crippen molar-refractivity contribution >= 4 is 17.2 Å². The molecule has 0 atom stereocenters. The van der Waals surface area contributed by atoms with Crippen LogP contribution in [0.25, 0.3) is 0 Å². The van der Waals surface area contributed by atoms with Crippen molar-refractivity contribution in [1.29, 1.82) is 0 Å².